The van der Waals surface area contributed by atoms with Gasteiger partial charge in [0.2, 0.25) is 5.91 Å². The van der Waals surface area contributed by atoms with Crippen molar-refractivity contribution in [2.24, 2.45) is 0 Å². The van der Waals surface area contributed by atoms with Crippen LogP contribution >= 0.6 is 0 Å². The van der Waals surface area contributed by atoms with E-state index in [0.717, 1.165) is 36.0 Å². The molecule has 0 aliphatic rings. The highest BCUT2D eigenvalue weighted by Crippen LogP contribution is 2.34. The fourth-order valence-corrected chi connectivity index (χ4v) is 4.53. The number of amides is 1. The molecule has 0 radical (unpaired) electrons. The van der Waals surface area contributed by atoms with Crippen LogP contribution in [-0.4, -0.2) is 14.3 Å². The zero-order valence-electron chi connectivity index (χ0n) is 17.8. The predicted octanol–water partition coefficient (Wildman–Crippen LogP) is 4.95. The maximum atomic E-state index is 13.1. The van der Waals surface area contributed by atoms with Gasteiger partial charge in [0.15, 0.2) is 0 Å². The second kappa shape index (κ2) is 10.2. The molecule has 5 nitrogen and oxygen atoms in total. The third-order valence-electron chi connectivity index (χ3n) is 4.68. The Kier molecular flexibility index (Phi) is 8.95. The van der Waals surface area contributed by atoms with Crippen LogP contribution in [0.25, 0.3) is 0 Å². The molecule has 0 aromatic heterocycles. The van der Waals surface area contributed by atoms with Gasteiger partial charge in [-0.25, -0.2) is 8.42 Å². The summed E-state index contributed by atoms with van der Waals surface area (Å²) in [6.07, 6.45) is 3.03. The number of rotatable bonds is 10. The molecule has 0 aliphatic heterocycles. The van der Waals surface area contributed by atoms with Crippen molar-refractivity contribution < 1.29 is 13.2 Å². The van der Waals surface area contributed by atoms with Crippen LogP contribution in [0.2, 0.25) is 0 Å². The summed E-state index contributed by atoms with van der Waals surface area (Å²) in [6.45, 7) is 14.2. The Morgan fingerprint density at radius 2 is 1.44 bits per heavy atom. The lowest BCUT2D eigenvalue weighted by atomic mass is 9.89. The number of sulfonamides is 1. The first kappa shape index (κ1) is 23.6. The van der Waals surface area contributed by atoms with E-state index in [9.17, 15) is 13.2 Å². The Morgan fingerprint density at radius 1 is 0.926 bits per heavy atom. The summed E-state index contributed by atoms with van der Waals surface area (Å²) >= 11 is 0. The summed E-state index contributed by atoms with van der Waals surface area (Å²) in [5, 5.41) is 0. The zero-order valence-corrected chi connectivity index (χ0v) is 18.7. The molecule has 0 saturated heterocycles. The lowest BCUT2D eigenvalue weighted by Gasteiger charge is -2.23. The van der Waals surface area contributed by atoms with E-state index in [1.54, 1.807) is 0 Å². The fourth-order valence-electron chi connectivity index (χ4n) is 2.97. The summed E-state index contributed by atoms with van der Waals surface area (Å²) in [5.74, 6) is 0.104. The van der Waals surface area contributed by atoms with E-state index in [0.29, 0.717) is 17.2 Å². The molecule has 0 heterocycles. The number of carbonyl (C=O) groups excluding carboxylic acids is 1. The van der Waals surface area contributed by atoms with Gasteiger partial charge in [0.05, 0.1) is 4.90 Å². The molecule has 0 bridgehead atoms. The number of nitrogens with one attached hydrogen (secondary N) is 2. The molecule has 0 unspecified atom stereocenters. The van der Waals surface area contributed by atoms with Crippen molar-refractivity contribution in [1.82, 2.24) is 10.3 Å². The number of hydrazine groups is 1. The van der Waals surface area contributed by atoms with Crippen molar-refractivity contribution in [3.05, 3.63) is 28.8 Å². The second-order valence-corrected chi connectivity index (χ2v) is 9.72. The van der Waals surface area contributed by atoms with E-state index in [-0.39, 0.29) is 17.7 Å². The average molecular weight is 397 g/mol. The molecule has 0 saturated carbocycles. The van der Waals surface area contributed by atoms with Gasteiger partial charge in [0, 0.05) is 6.42 Å². The number of hydrogen-bond acceptors (Lipinski definition) is 3. The van der Waals surface area contributed by atoms with E-state index >= 15 is 0 Å². The smallest absolute Gasteiger partial charge is 0.257 e. The first-order chi connectivity index (χ1) is 12.5. The second-order valence-electron chi connectivity index (χ2n) is 8.10. The molecule has 1 rings (SSSR count). The molecule has 0 atom stereocenters. The van der Waals surface area contributed by atoms with Crippen molar-refractivity contribution in [3.8, 4) is 0 Å². The zero-order chi connectivity index (χ0) is 20.8. The Bertz CT molecular complexity index is 709. The highest BCUT2D eigenvalue weighted by Gasteiger charge is 2.27. The maximum absolute atomic E-state index is 13.1. The molecule has 6 heteroatoms. The third kappa shape index (κ3) is 6.61. The summed E-state index contributed by atoms with van der Waals surface area (Å²) in [6, 6.07) is 3.97. The van der Waals surface area contributed by atoms with Crippen LogP contribution < -0.4 is 10.3 Å². The molecular weight excluding hydrogens is 360 g/mol. The summed E-state index contributed by atoms with van der Waals surface area (Å²) in [4.78, 5) is 14.5. The van der Waals surface area contributed by atoms with Gasteiger partial charge in [-0.2, -0.15) is 0 Å². The minimum absolute atomic E-state index is 0.0491. The van der Waals surface area contributed by atoms with Crippen molar-refractivity contribution in [2.75, 3.05) is 0 Å². The van der Waals surface area contributed by atoms with Gasteiger partial charge in [0.1, 0.15) is 0 Å². The Morgan fingerprint density at radius 3 is 1.85 bits per heavy atom. The third-order valence-corrected chi connectivity index (χ3v) is 6.06. The van der Waals surface area contributed by atoms with Crippen LogP contribution in [0.5, 0.6) is 0 Å². The largest absolute Gasteiger partial charge is 0.278 e. The standard InChI is InChI=1S/C21H36N2O3S/c1-8-9-10-11-20(24)22-23-27(25,26)21-18(15(4)5)12-17(14(2)3)13-19(21)16(6)7/h12-16,23H,8-11H2,1-7H3,(H,22,24). The topological polar surface area (TPSA) is 75.3 Å². The van der Waals surface area contributed by atoms with E-state index in [4.69, 9.17) is 0 Å². The van der Waals surface area contributed by atoms with Crippen molar-refractivity contribution in [2.45, 2.75) is 96.8 Å². The Hall–Kier alpha value is -1.40. The van der Waals surface area contributed by atoms with E-state index in [2.05, 4.69) is 31.0 Å². The molecule has 154 valence electrons. The predicted molar refractivity (Wildman–Crippen MR) is 111 cm³/mol. The molecule has 0 aliphatic carbocycles. The van der Waals surface area contributed by atoms with E-state index < -0.39 is 10.0 Å². The molecule has 2 N–H and O–H groups in total. The van der Waals surface area contributed by atoms with Crippen LogP contribution in [-0.2, 0) is 14.8 Å². The van der Waals surface area contributed by atoms with Crippen molar-refractivity contribution >= 4 is 15.9 Å². The minimum Gasteiger partial charge on any atom is -0.278 e. The van der Waals surface area contributed by atoms with Crippen molar-refractivity contribution in [3.63, 3.8) is 0 Å². The number of hydrogen-bond donors (Lipinski definition) is 2. The van der Waals surface area contributed by atoms with Gasteiger partial charge in [-0.05, 0) is 40.9 Å². The van der Waals surface area contributed by atoms with Crippen LogP contribution in [0.1, 0.15) is 109 Å². The highest BCUT2D eigenvalue weighted by molar-refractivity contribution is 7.89. The van der Waals surface area contributed by atoms with Crippen LogP contribution in [0.4, 0.5) is 0 Å². The van der Waals surface area contributed by atoms with Gasteiger partial charge >= 0.3 is 0 Å². The maximum Gasteiger partial charge on any atom is 0.257 e. The molecule has 1 aromatic carbocycles. The molecular formula is C21H36N2O3S. The van der Waals surface area contributed by atoms with Gasteiger partial charge in [-0.15, -0.1) is 4.83 Å². The summed E-state index contributed by atoms with van der Waals surface area (Å²) in [5.41, 5.74) is 5.08. The Balaban J connectivity index is 3.26. The van der Waals surface area contributed by atoms with Gasteiger partial charge in [-0.1, -0.05) is 73.4 Å². The lowest BCUT2D eigenvalue weighted by molar-refractivity contribution is -0.121. The molecule has 1 aromatic rings. The molecule has 27 heavy (non-hydrogen) atoms. The van der Waals surface area contributed by atoms with Gasteiger partial charge < -0.3 is 0 Å². The van der Waals surface area contributed by atoms with E-state index in [1.165, 1.54) is 0 Å². The normalized spacial score (nSPS) is 12.2. The lowest BCUT2D eigenvalue weighted by Crippen LogP contribution is -2.42. The SMILES string of the molecule is CCCCCC(=O)NNS(=O)(=O)c1c(C(C)C)cc(C(C)C)cc1C(C)C. The quantitative estimate of drug-likeness (QED) is 0.434. The van der Waals surface area contributed by atoms with Gasteiger partial charge in [-0.3, -0.25) is 10.2 Å². The number of carbonyl (C=O) groups is 1. The van der Waals surface area contributed by atoms with Crippen LogP contribution in [0.3, 0.4) is 0 Å². The molecule has 0 fully saturated rings. The first-order valence-corrected chi connectivity index (χ1v) is 11.5. The van der Waals surface area contributed by atoms with Gasteiger partial charge in [0.25, 0.3) is 10.0 Å². The number of unbranched alkanes of at least 4 members (excludes halogenated alkanes) is 2. The monoisotopic (exact) mass is 396 g/mol. The fraction of sp³-hybridized carbons (Fsp3) is 0.667. The highest BCUT2D eigenvalue weighted by atomic mass is 32.2. The van der Waals surface area contributed by atoms with E-state index in [1.807, 2.05) is 39.8 Å². The van der Waals surface area contributed by atoms with Crippen LogP contribution in [0.15, 0.2) is 17.0 Å². The van der Waals surface area contributed by atoms with Crippen molar-refractivity contribution in [1.29, 1.82) is 0 Å². The molecule has 0 spiro atoms. The Labute approximate surface area is 165 Å². The average Bonchev–Trinajstić information content (AvgIpc) is 2.58. The summed E-state index contributed by atoms with van der Waals surface area (Å²) in [7, 11) is -3.86. The molecule has 1 amide bonds. The minimum atomic E-state index is -3.86. The number of benzene rings is 1. The first-order valence-electron chi connectivity index (χ1n) is 9.99. The summed E-state index contributed by atoms with van der Waals surface area (Å²) < 4.78 is 26.1. The van der Waals surface area contributed by atoms with Crippen LogP contribution in [0, 0.1) is 0 Å².